The maximum Gasteiger partial charge on any atom is 0.137 e. The summed E-state index contributed by atoms with van der Waals surface area (Å²) < 4.78 is 0. The molecule has 5 aliphatic rings. The molecule has 10 rings (SSSR count). The molecule has 2 heterocycles. The minimum Gasteiger partial charge on any atom is -0.507 e. The summed E-state index contributed by atoms with van der Waals surface area (Å²) in [5.74, 6) is 0.548. The molecular weight excluding hydrogens is 628 g/mol. The van der Waals surface area contributed by atoms with E-state index in [2.05, 4.69) is 16.4 Å². The second kappa shape index (κ2) is 12.0. The number of rotatable bonds is 0. The van der Waals surface area contributed by atoms with Gasteiger partial charge in [0.25, 0.3) is 0 Å². The highest BCUT2D eigenvalue weighted by Crippen LogP contribution is 2.39. The van der Waals surface area contributed by atoms with Crippen LogP contribution in [0.4, 0.5) is 0 Å². The molecule has 50 heavy (non-hydrogen) atoms. The Morgan fingerprint density at radius 3 is 1.14 bits per heavy atom. The first-order chi connectivity index (χ1) is 24.3. The van der Waals surface area contributed by atoms with Crippen LogP contribution in [-0.2, 0) is 48.2 Å². The number of oxime groups is 2. The summed E-state index contributed by atoms with van der Waals surface area (Å²) in [6, 6.07) is 27.4. The topological polar surface area (TPSA) is 124 Å². The molecule has 0 spiro atoms. The monoisotopic (exact) mass is 664 g/mol. The quantitative estimate of drug-likeness (QED) is 0.139. The van der Waals surface area contributed by atoms with E-state index in [9.17, 15) is 20.4 Å². The minimum atomic E-state index is -0.203. The molecule has 16 bridgehead atoms. The first kappa shape index (κ1) is 30.3. The van der Waals surface area contributed by atoms with E-state index in [0.29, 0.717) is 70.2 Å². The number of nitrogens with zero attached hydrogens (tertiary/aromatic N) is 2. The van der Waals surface area contributed by atoms with Crippen LogP contribution in [0, 0.1) is 0 Å². The smallest absolute Gasteiger partial charge is 0.137 e. The molecule has 5 aromatic rings. The lowest BCUT2D eigenvalue weighted by atomic mass is 9.88. The number of phenols is 4. The first-order valence-electron chi connectivity index (χ1n) is 17.2. The molecule has 2 aliphatic heterocycles. The summed E-state index contributed by atoms with van der Waals surface area (Å²) in [6.07, 6.45) is 3.11. The number of phenolic OH excluding ortho intramolecular Hbond substituents is 4. The first-order valence-corrected chi connectivity index (χ1v) is 17.2. The Bertz CT molecular complexity index is 2010. The lowest BCUT2D eigenvalue weighted by Gasteiger charge is -2.19. The van der Waals surface area contributed by atoms with E-state index < -0.39 is 0 Å². The van der Waals surface area contributed by atoms with Crippen LogP contribution < -0.4 is 0 Å². The third-order valence-corrected chi connectivity index (χ3v) is 10.5. The van der Waals surface area contributed by atoms with Crippen LogP contribution in [0.3, 0.4) is 0 Å². The Kier molecular flexibility index (Phi) is 7.26. The molecule has 0 unspecified atom stereocenters. The molecule has 8 nitrogen and oxygen atoms in total. The van der Waals surface area contributed by atoms with Gasteiger partial charge in [0.15, 0.2) is 0 Å². The average molecular weight is 665 g/mol. The zero-order valence-corrected chi connectivity index (χ0v) is 27.4. The van der Waals surface area contributed by atoms with Crippen molar-refractivity contribution >= 4 is 11.4 Å². The van der Waals surface area contributed by atoms with E-state index >= 15 is 0 Å². The molecule has 0 amide bonds. The van der Waals surface area contributed by atoms with Crippen LogP contribution in [0.15, 0.2) is 95.2 Å². The Hall–Kier alpha value is -5.76. The van der Waals surface area contributed by atoms with E-state index in [1.165, 1.54) is 0 Å². The largest absolute Gasteiger partial charge is 0.507 e. The molecular formula is C42H36N2O6. The summed E-state index contributed by atoms with van der Waals surface area (Å²) in [5.41, 5.74) is 11.0. The second-order valence-corrected chi connectivity index (χ2v) is 14.0. The molecule has 0 saturated carbocycles. The van der Waals surface area contributed by atoms with Crippen LogP contribution in [0.25, 0.3) is 0 Å². The van der Waals surface area contributed by atoms with Gasteiger partial charge in [-0.25, -0.2) is 0 Å². The molecule has 0 saturated heterocycles. The molecule has 2 atom stereocenters. The Morgan fingerprint density at radius 2 is 0.760 bits per heavy atom. The van der Waals surface area contributed by atoms with Gasteiger partial charge in [-0.15, -0.1) is 0 Å². The third kappa shape index (κ3) is 5.50. The number of benzene rings is 5. The zero-order valence-electron chi connectivity index (χ0n) is 27.4. The van der Waals surface area contributed by atoms with Gasteiger partial charge in [0.1, 0.15) is 35.2 Å². The van der Waals surface area contributed by atoms with Crippen molar-refractivity contribution in [2.45, 2.75) is 63.6 Å². The van der Waals surface area contributed by atoms with Gasteiger partial charge in [-0.1, -0.05) is 89.2 Å². The van der Waals surface area contributed by atoms with Gasteiger partial charge >= 0.3 is 0 Å². The fourth-order valence-electron chi connectivity index (χ4n) is 7.94. The van der Waals surface area contributed by atoms with E-state index in [-0.39, 0.29) is 60.9 Å². The van der Waals surface area contributed by atoms with E-state index in [1.54, 1.807) is 0 Å². The van der Waals surface area contributed by atoms with Gasteiger partial charge in [0.05, 0.1) is 11.4 Å². The van der Waals surface area contributed by atoms with Crippen molar-refractivity contribution in [3.8, 4) is 23.0 Å². The lowest BCUT2D eigenvalue weighted by molar-refractivity contribution is 0.0857. The van der Waals surface area contributed by atoms with Gasteiger partial charge in [-0.3, -0.25) is 0 Å². The SMILES string of the molecule is Oc1c2cccc1Cc1cc3cc(c1O)Cc1cccc(c1O)Cc1cc(cc(c1O)C2)C[C@H]1CC(=NO1)c1cccc(c1)C1=NO[C@@H](C1)C3. The highest BCUT2D eigenvalue weighted by atomic mass is 16.6. The summed E-state index contributed by atoms with van der Waals surface area (Å²) in [4.78, 5) is 12.0. The van der Waals surface area contributed by atoms with Crippen molar-refractivity contribution in [2.75, 3.05) is 0 Å². The van der Waals surface area contributed by atoms with Gasteiger partial charge in [-0.2, -0.15) is 0 Å². The number of hydrogen-bond acceptors (Lipinski definition) is 8. The van der Waals surface area contributed by atoms with Crippen molar-refractivity contribution in [1.29, 1.82) is 0 Å². The molecule has 4 N–H and O–H groups in total. The molecule has 250 valence electrons. The minimum absolute atomic E-state index is 0.137. The van der Waals surface area contributed by atoms with Crippen LogP contribution in [0.5, 0.6) is 23.0 Å². The lowest BCUT2D eigenvalue weighted by Crippen LogP contribution is -2.14. The molecule has 3 aliphatic carbocycles. The third-order valence-electron chi connectivity index (χ3n) is 10.5. The van der Waals surface area contributed by atoms with Crippen molar-refractivity contribution in [3.63, 3.8) is 0 Å². The average Bonchev–Trinajstić information content (AvgIpc) is 3.78. The maximum atomic E-state index is 11.7. The van der Waals surface area contributed by atoms with Crippen LogP contribution >= 0.6 is 0 Å². The molecule has 8 heteroatoms. The highest BCUT2D eigenvalue weighted by Gasteiger charge is 2.28. The van der Waals surface area contributed by atoms with Gasteiger partial charge in [0.2, 0.25) is 0 Å². The fraction of sp³-hybridized carbons (Fsp3) is 0.238. The maximum absolute atomic E-state index is 11.7. The summed E-state index contributed by atoms with van der Waals surface area (Å²) >= 11 is 0. The Balaban J connectivity index is 1.24. The molecule has 0 radical (unpaired) electrons. The molecule has 5 aromatic carbocycles. The number of aromatic hydroxyl groups is 4. The number of hydrogen-bond donors (Lipinski definition) is 4. The van der Waals surface area contributed by atoms with E-state index in [1.807, 2.05) is 78.9 Å². The predicted octanol–water partition coefficient (Wildman–Crippen LogP) is 6.97. The summed E-state index contributed by atoms with van der Waals surface area (Å²) in [5, 5.41) is 55.7. The van der Waals surface area contributed by atoms with Gasteiger partial charge in [-0.05, 0) is 61.7 Å². The molecule has 0 fully saturated rings. The number of para-hydroxylation sites is 2. The highest BCUT2D eigenvalue weighted by molar-refractivity contribution is 6.06. The zero-order chi connectivity index (χ0) is 33.9. The Labute approximate surface area is 289 Å². The molecule has 0 aromatic heterocycles. The van der Waals surface area contributed by atoms with Crippen LogP contribution in [0.1, 0.15) is 79.6 Å². The van der Waals surface area contributed by atoms with E-state index in [0.717, 1.165) is 33.7 Å². The van der Waals surface area contributed by atoms with Crippen LogP contribution in [-0.4, -0.2) is 44.1 Å². The predicted molar refractivity (Wildman–Crippen MR) is 190 cm³/mol. The van der Waals surface area contributed by atoms with Crippen molar-refractivity contribution in [3.05, 3.63) is 152 Å². The van der Waals surface area contributed by atoms with Crippen LogP contribution in [0.2, 0.25) is 0 Å². The van der Waals surface area contributed by atoms with Crippen molar-refractivity contribution in [1.82, 2.24) is 0 Å². The summed E-state index contributed by atoms with van der Waals surface area (Å²) in [6.45, 7) is 0. The van der Waals surface area contributed by atoms with Crippen molar-refractivity contribution < 1.29 is 30.1 Å². The standard InChI is InChI=1S/C42H36N2O6/c45-39-27-6-2-7-28(39)18-32-11-24-13-34(42(32)48)20-30-9-3-8-29(40(30)46)19-33-12-23(10-31(17-27)41(33)47)14-35-21-37(43-49-35)25-4-1-5-26(16-25)38-22-36(15-24)50-44-38/h1-13,16,35-36,45-48H,14-15,17-22H2/t35-,36+. The van der Waals surface area contributed by atoms with E-state index in [4.69, 9.17) is 9.68 Å². The van der Waals surface area contributed by atoms with Gasteiger partial charge in [0, 0.05) is 62.5 Å². The Morgan fingerprint density at radius 1 is 0.420 bits per heavy atom. The normalized spacial score (nSPS) is 19.0. The fourth-order valence-corrected chi connectivity index (χ4v) is 7.94. The summed E-state index contributed by atoms with van der Waals surface area (Å²) in [7, 11) is 0. The van der Waals surface area contributed by atoms with Crippen molar-refractivity contribution in [2.24, 2.45) is 10.3 Å². The van der Waals surface area contributed by atoms with Gasteiger partial charge < -0.3 is 30.1 Å². The second-order valence-electron chi connectivity index (χ2n) is 14.0.